The van der Waals surface area contributed by atoms with Crippen LogP contribution in [0.5, 0.6) is 0 Å². The topological polar surface area (TPSA) is 116 Å². The summed E-state index contributed by atoms with van der Waals surface area (Å²) in [6.07, 6.45) is 5.95. The molecule has 26 heavy (non-hydrogen) atoms. The number of amides is 2. The molecule has 0 unspecified atom stereocenters. The Bertz CT molecular complexity index is 1030. The SMILES string of the molecule is Cn1ncc2c(SCC(=O)Nc3sc4c(c3C(N)=O)CCC4)ncnc21. The van der Waals surface area contributed by atoms with Gasteiger partial charge in [-0.2, -0.15) is 5.10 Å². The molecule has 0 fully saturated rings. The molecular formula is C16H16N6O2S2. The van der Waals surface area contributed by atoms with E-state index in [-0.39, 0.29) is 11.7 Å². The fraction of sp³-hybridized carbons (Fsp3) is 0.312. The van der Waals surface area contributed by atoms with Gasteiger partial charge < -0.3 is 11.1 Å². The van der Waals surface area contributed by atoms with Crippen molar-refractivity contribution in [3.05, 3.63) is 28.5 Å². The third-order valence-electron chi connectivity index (χ3n) is 4.25. The highest BCUT2D eigenvalue weighted by molar-refractivity contribution is 8.00. The van der Waals surface area contributed by atoms with Crippen molar-refractivity contribution >= 4 is 50.9 Å². The highest BCUT2D eigenvalue weighted by Gasteiger charge is 2.26. The molecule has 0 aliphatic heterocycles. The number of rotatable bonds is 5. The number of aryl methyl sites for hydroxylation is 2. The lowest BCUT2D eigenvalue weighted by Crippen LogP contribution is -2.19. The predicted octanol–water partition coefficient (Wildman–Crippen LogP) is 1.74. The van der Waals surface area contributed by atoms with E-state index in [1.807, 2.05) is 0 Å². The highest BCUT2D eigenvalue weighted by atomic mass is 32.2. The summed E-state index contributed by atoms with van der Waals surface area (Å²) in [6, 6.07) is 0. The van der Waals surface area contributed by atoms with Crippen LogP contribution >= 0.6 is 23.1 Å². The van der Waals surface area contributed by atoms with E-state index in [4.69, 9.17) is 5.73 Å². The first-order valence-corrected chi connectivity index (χ1v) is 9.84. The lowest BCUT2D eigenvalue weighted by molar-refractivity contribution is -0.113. The minimum absolute atomic E-state index is 0.168. The van der Waals surface area contributed by atoms with Crippen molar-refractivity contribution in [1.29, 1.82) is 0 Å². The van der Waals surface area contributed by atoms with Crippen molar-refractivity contribution in [3.8, 4) is 0 Å². The molecule has 0 atom stereocenters. The Balaban J connectivity index is 1.49. The smallest absolute Gasteiger partial charge is 0.251 e. The molecule has 3 heterocycles. The average Bonchev–Trinajstić information content (AvgIpc) is 3.27. The molecule has 10 heteroatoms. The Morgan fingerprint density at radius 1 is 1.38 bits per heavy atom. The lowest BCUT2D eigenvalue weighted by Gasteiger charge is -2.06. The molecule has 0 spiro atoms. The molecular weight excluding hydrogens is 372 g/mol. The van der Waals surface area contributed by atoms with Crippen LogP contribution in [0.3, 0.4) is 0 Å². The van der Waals surface area contributed by atoms with Gasteiger partial charge in [-0.25, -0.2) is 9.97 Å². The van der Waals surface area contributed by atoms with Crippen molar-refractivity contribution in [2.24, 2.45) is 12.8 Å². The van der Waals surface area contributed by atoms with Gasteiger partial charge in [-0.05, 0) is 24.8 Å². The molecule has 4 rings (SSSR count). The molecule has 1 aliphatic rings. The predicted molar refractivity (Wildman–Crippen MR) is 101 cm³/mol. The molecule has 2 amide bonds. The number of fused-ring (bicyclic) bond motifs is 2. The third kappa shape index (κ3) is 2.95. The number of nitrogens with one attached hydrogen (secondary N) is 1. The van der Waals surface area contributed by atoms with Crippen molar-refractivity contribution in [2.75, 3.05) is 11.1 Å². The van der Waals surface area contributed by atoms with Gasteiger partial charge in [-0.1, -0.05) is 11.8 Å². The number of aromatic nitrogens is 4. The molecule has 0 saturated heterocycles. The van der Waals surface area contributed by atoms with Gasteiger partial charge in [0.25, 0.3) is 5.91 Å². The Kier molecular flexibility index (Phi) is 4.37. The number of nitrogens with two attached hydrogens (primary N) is 1. The maximum atomic E-state index is 12.4. The van der Waals surface area contributed by atoms with Crippen molar-refractivity contribution in [1.82, 2.24) is 19.7 Å². The van der Waals surface area contributed by atoms with Crippen LogP contribution in [-0.2, 0) is 24.7 Å². The van der Waals surface area contributed by atoms with Crippen LogP contribution in [0, 0.1) is 0 Å². The van der Waals surface area contributed by atoms with Crippen molar-refractivity contribution in [3.63, 3.8) is 0 Å². The second kappa shape index (κ2) is 6.69. The lowest BCUT2D eigenvalue weighted by atomic mass is 10.1. The average molecular weight is 388 g/mol. The van der Waals surface area contributed by atoms with Crippen molar-refractivity contribution in [2.45, 2.75) is 24.3 Å². The van der Waals surface area contributed by atoms with Gasteiger partial charge in [-0.15, -0.1) is 11.3 Å². The number of primary amides is 1. The fourth-order valence-electron chi connectivity index (χ4n) is 3.11. The Labute approximate surface area is 157 Å². The largest absolute Gasteiger partial charge is 0.365 e. The van der Waals surface area contributed by atoms with Crippen LogP contribution in [0.2, 0.25) is 0 Å². The molecule has 0 radical (unpaired) electrons. The fourth-order valence-corrected chi connectivity index (χ4v) is 5.18. The van der Waals surface area contributed by atoms with Crippen molar-refractivity contribution < 1.29 is 9.59 Å². The van der Waals surface area contributed by atoms with Crippen LogP contribution in [0.15, 0.2) is 17.6 Å². The van der Waals surface area contributed by atoms with E-state index in [2.05, 4.69) is 20.4 Å². The summed E-state index contributed by atoms with van der Waals surface area (Å²) in [6.45, 7) is 0. The van der Waals surface area contributed by atoms with Gasteiger partial charge in [0.2, 0.25) is 5.91 Å². The molecule has 3 aromatic heterocycles. The maximum absolute atomic E-state index is 12.4. The monoisotopic (exact) mass is 388 g/mol. The first kappa shape index (κ1) is 17.0. The summed E-state index contributed by atoms with van der Waals surface area (Å²) >= 11 is 2.76. The van der Waals surface area contributed by atoms with Crippen LogP contribution < -0.4 is 11.1 Å². The van der Waals surface area contributed by atoms with E-state index in [1.165, 1.54) is 29.4 Å². The molecule has 3 aromatic rings. The first-order chi connectivity index (χ1) is 12.5. The summed E-state index contributed by atoms with van der Waals surface area (Å²) < 4.78 is 1.66. The molecule has 134 valence electrons. The number of carbonyl (C=O) groups excluding carboxylic acids is 2. The number of thiophene rings is 1. The number of thioether (sulfide) groups is 1. The van der Waals surface area contributed by atoms with Crippen LogP contribution in [-0.4, -0.2) is 37.3 Å². The molecule has 0 bridgehead atoms. The molecule has 0 saturated carbocycles. The van der Waals surface area contributed by atoms with Gasteiger partial charge in [0.15, 0.2) is 5.65 Å². The second-order valence-electron chi connectivity index (χ2n) is 5.95. The van der Waals surface area contributed by atoms with Gasteiger partial charge in [0.05, 0.1) is 22.9 Å². The zero-order valence-electron chi connectivity index (χ0n) is 14.0. The Morgan fingerprint density at radius 2 is 2.23 bits per heavy atom. The first-order valence-electron chi connectivity index (χ1n) is 8.04. The van der Waals surface area contributed by atoms with Crippen LogP contribution in [0.4, 0.5) is 5.00 Å². The maximum Gasteiger partial charge on any atom is 0.251 e. The zero-order chi connectivity index (χ0) is 18.3. The minimum Gasteiger partial charge on any atom is -0.365 e. The van der Waals surface area contributed by atoms with E-state index in [0.29, 0.717) is 21.2 Å². The minimum atomic E-state index is -0.486. The van der Waals surface area contributed by atoms with Gasteiger partial charge in [0, 0.05) is 11.9 Å². The highest BCUT2D eigenvalue weighted by Crippen LogP contribution is 2.39. The summed E-state index contributed by atoms with van der Waals surface area (Å²) in [7, 11) is 1.80. The van der Waals surface area contributed by atoms with E-state index >= 15 is 0 Å². The summed E-state index contributed by atoms with van der Waals surface area (Å²) in [4.78, 5) is 33.7. The quantitative estimate of drug-likeness (QED) is 0.508. The van der Waals surface area contributed by atoms with Gasteiger partial charge in [-0.3, -0.25) is 14.3 Å². The number of hydrogen-bond acceptors (Lipinski definition) is 7. The number of nitrogens with zero attached hydrogens (tertiary/aromatic N) is 4. The van der Waals surface area contributed by atoms with Gasteiger partial charge >= 0.3 is 0 Å². The standard InChI is InChI=1S/C16H16N6O2S2/c1-22-14-9(5-20-22)15(19-7-18-14)25-6-11(23)21-16-12(13(17)24)8-3-2-4-10(8)26-16/h5,7H,2-4,6H2,1H3,(H2,17,24)(H,21,23). The van der Waals surface area contributed by atoms with Gasteiger partial charge in [0.1, 0.15) is 16.4 Å². The molecule has 1 aliphatic carbocycles. The number of hydrogen-bond donors (Lipinski definition) is 2. The summed E-state index contributed by atoms with van der Waals surface area (Å²) in [5.74, 6) is -0.518. The second-order valence-corrected chi connectivity index (χ2v) is 8.02. The normalized spacial score (nSPS) is 13.1. The number of carbonyl (C=O) groups is 2. The summed E-state index contributed by atoms with van der Waals surface area (Å²) in [5, 5.41) is 9.06. The molecule has 3 N–H and O–H groups in total. The van der Waals surface area contributed by atoms with Crippen LogP contribution in [0.1, 0.15) is 27.2 Å². The van der Waals surface area contributed by atoms with E-state index in [1.54, 1.807) is 17.9 Å². The van der Waals surface area contributed by atoms with Crippen LogP contribution in [0.25, 0.3) is 11.0 Å². The van der Waals surface area contributed by atoms with E-state index in [0.717, 1.165) is 35.1 Å². The van der Waals surface area contributed by atoms with E-state index in [9.17, 15) is 9.59 Å². The molecule has 0 aromatic carbocycles. The number of anilines is 1. The Morgan fingerprint density at radius 3 is 3.04 bits per heavy atom. The summed E-state index contributed by atoms with van der Waals surface area (Å²) in [5.41, 5.74) is 7.71. The third-order valence-corrected chi connectivity index (χ3v) is 6.47. The van der Waals surface area contributed by atoms with E-state index < -0.39 is 5.91 Å². The molecule has 8 nitrogen and oxygen atoms in total. The Hall–Kier alpha value is -2.46. The zero-order valence-corrected chi connectivity index (χ0v) is 15.6.